The molecule has 2 aromatic rings. The van der Waals surface area contributed by atoms with E-state index in [0.717, 1.165) is 13.1 Å². The monoisotopic (exact) mass is 270 g/mol. The molecular formula is C16H22N4. The summed E-state index contributed by atoms with van der Waals surface area (Å²) in [5, 5.41) is 3.43. The summed E-state index contributed by atoms with van der Waals surface area (Å²) in [5.74, 6) is 0.606. The predicted molar refractivity (Wildman–Crippen MR) is 82.7 cm³/mol. The first-order valence-corrected chi connectivity index (χ1v) is 7.27. The van der Waals surface area contributed by atoms with Gasteiger partial charge in [0.2, 0.25) is 0 Å². The number of anilines is 1. The van der Waals surface area contributed by atoms with E-state index in [2.05, 4.69) is 58.1 Å². The van der Waals surface area contributed by atoms with E-state index in [9.17, 15) is 0 Å². The van der Waals surface area contributed by atoms with Gasteiger partial charge in [-0.3, -0.25) is 0 Å². The van der Waals surface area contributed by atoms with Crippen LogP contribution in [0.1, 0.15) is 24.5 Å². The zero-order chi connectivity index (χ0) is 13.9. The van der Waals surface area contributed by atoms with Gasteiger partial charge in [-0.25, -0.2) is 4.98 Å². The van der Waals surface area contributed by atoms with Gasteiger partial charge in [0, 0.05) is 31.9 Å². The molecule has 0 unspecified atom stereocenters. The highest BCUT2D eigenvalue weighted by molar-refractivity contribution is 5.62. The number of piperidine rings is 1. The van der Waals surface area contributed by atoms with E-state index in [1.165, 1.54) is 29.9 Å². The van der Waals surface area contributed by atoms with Crippen LogP contribution in [0.25, 0.3) is 5.69 Å². The fourth-order valence-corrected chi connectivity index (χ4v) is 2.97. The van der Waals surface area contributed by atoms with Crippen LogP contribution in [0.5, 0.6) is 0 Å². The highest BCUT2D eigenvalue weighted by Gasteiger charge is 2.20. The number of rotatable bonds is 3. The Labute approximate surface area is 120 Å². The van der Waals surface area contributed by atoms with Crippen molar-refractivity contribution in [1.29, 1.82) is 0 Å². The third-order valence-corrected chi connectivity index (χ3v) is 4.05. The first-order chi connectivity index (χ1) is 9.77. The summed E-state index contributed by atoms with van der Waals surface area (Å²) < 4.78 is 2.26. The zero-order valence-electron chi connectivity index (χ0n) is 12.2. The maximum atomic E-state index is 4.40. The van der Waals surface area contributed by atoms with E-state index in [1.807, 2.05) is 12.5 Å². The fourth-order valence-electron chi connectivity index (χ4n) is 2.97. The third kappa shape index (κ3) is 2.43. The second kappa shape index (κ2) is 5.67. The van der Waals surface area contributed by atoms with E-state index in [0.29, 0.717) is 5.92 Å². The maximum absolute atomic E-state index is 4.40. The van der Waals surface area contributed by atoms with Crippen LogP contribution in [-0.4, -0.2) is 36.7 Å². The van der Waals surface area contributed by atoms with Gasteiger partial charge in [0.25, 0.3) is 0 Å². The number of benzene rings is 1. The van der Waals surface area contributed by atoms with E-state index in [-0.39, 0.29) is 0 Å². The molecule has 0 radical (unpaired) electrons. The van der Waals surface area contributed by atoms with Gasteiger partial charge in [-0.1, -0.05) is 12.1 Å². The quantitative estimate of drug-likeness (QED) is 0.929. The van der Waals surface area contributed by atoms with E-state index in [1.54, 1.807) is 0 Å². The first-order valence-electron chi connectivity index (χ1n) is 7.27. The Morgan fingerprint density at radius 2 is 1.95 bits per heavy atom. The number of nitrogens with one attached hydrogen (secondary N) is 1. The Kier molecular flexibility index (Phi) is 3.74. The van der Waals surface area contributed by atoms with Crippen molar-refractivity contribution >= 4 is 5.69 Å². The van der Waals surface area contributed by atoms with Gasteiger partial charge in [0.05, 0.1) is 17.7 Å². The van der Waals surface area contributed by atoms with Crippen LogP contribution in [0.3, 0.4) is 0 Å². The standard InChI is InChI=1S/C16H22N4/c1-19(2)14-5-3-4-6-15(14)20-12-18-11-16(20)13-7-9-17-10-8-13/h3-6,11-13,17H,7-10H2,1-2H3. The number of hydrogen-bond donors (Lipinski definition) is 1. The van der Waals surface area contributed by atoms with E-state index < -0.39 is 0 Å². The van der Waals surface area contributed by atoms with Gasteiger partial charge < -0.3 is 14.8 Å². The Hall–Kier alpha value is -1.81. The molecule has 1 aromatic carbocycles. The molecule has 0 spiro atoms. The van der Waals surface area contributed by atoms with Gasteiger partial charge in [0.1, 0.15) is 0 Å². The summed E-state index contributed by atoms with van der Waals surface area (Å²) >= 11 is 0. The Morgan fingerprint density at radius 1 is 1.20 bits per heavy atom. The molecule has 0 saturated carbocycles. The van der Waals surface area contributed by atoms with Gasteiger partial charge in [-0.15, -0.1) is 0 Å². The lowest BCUT2D eigenvalue weighted by Crippen LogP contribution is -2.27. The SMILES string of the molecule is CN(C)c1ccccc1-n1cncc1C1CCNCC1. The van der Waals surface area contributed by atoms with Gasteiger partial charge in [-0.2, -0.15) is 0 Å². The second-order valence-electron chi connectivity index (χ2n) is 5.60. The van der Waals surface area contributed by atoms with Crippen molar-refractivity contribution < 1.29 is 0 Å². The molecule has 1 saturated heterocycles. The summed E-state index contributed by atoms with van der Waals surface area (Å²) in [6.45, 7) is 2.20. The predicted octanol–water partition coefficient (Wildman–Crippen LogP) is 2.41. The van der Waals surface area contributed by atoms with Crippen LogP contribution in [0.2, 0.25) is 0 Å². The molecule has 3 rings (SSSR count). The molecule has 106 valence electrons. The van der Waals surface area contributed by atoms with Crippen molar-refractivity contribution in [2.45, 2.75) is 18.8 Å². The smallest absolute Gasteiger partial charge is 0.0994 e. The molecule has 1 fully saturated rings. The maximum Gasteiger partial charge on any atom is 0.0994 e. The molecule has 0 bridgehead atoms. The highest BCUT2D eigenvalue weighted by atomic mass is 15.1. The largest absolute Gasteiger partial charge is 0.376 e. The van der Waals surface area contributed by atoms with Crippen LogP contribution in [0.15, 0.2) is 36.8 Å². The summed E-state index contributed by atoms with van der Waals surface area (Å²) in [4.78, 5) is 6.55. The number of imidazole rings is 1. The van der Waals surface area contributed by atoms with Crippen LogP contribution in [0, 0.1) is 0 Å². The molecule has 20 heavy (non-hydrogen) atoms. The van der Waals surface area contributed by atoms with E-state index >= 15 is 0 Å². The van der Waals surface area contributed by atoms with Crippen molar-refractivity contribution in [1.82, 2.24) is 14.9 Å². The summed E-state index contributed by atoms with van der Waals surface area (Å²) in [7, 11) is 4.17. The molecule has 1 aliphatic rings. The molecule has 1 aromatic heterocycles. The molecule has 2 heterocycles. The third-order valence-electron chi connectivity index (χ3n) is 4.05. The first kappa shape index (κ1) is 13.2. The Morgan fingerprint density at radius 3 is 2.70 bits per heavy atom. The summed E-state index contributed by atoms with van der Waals surface area (Å²) in [6, 6.07) is 8.50. The van der Waals surface area contributed by atoms with E-state index in [4.69, 9.17) is 0 Å². The van der Waals surface area contributed by atoms with Crippen LogP contribution >= 0.6 is 0 Å². The molecule has 0 aliphatic carbocycles. The summed E-state index contributed by atoms with van der Waals surface area (Å²) in [6.07, 6.45) is 6.35. The van der Waals surface area contributed by atoms with Crippen LogP contribution < -0.4 is 10.2 Å². The lowest BCUT2D eigenvalue weighted by Gasteiger charge is -2.25. The Balaban J connectivity index is 2.01. The Bertz CT molecular complexity index is 567. The summed E-state index contributed by atoms with van der Waals surface area (Å²) in [5.41, 5.74) is 3.77. The van der Waals surface area contributed by atoms with Crippen molar-refractivity contribution in [3.8, 4) is 5.69 Å². The van der Waals surface area contributed by atoms with Crippen molar-refractivity contribution in [3.63, 3.8) is 0 Å². The van der Waals surface area contributed by atoms with Crippen LogP contribution in [-0.2, 0) is 0 Å². The van der Waals surface area contributed by atoms with Gasteiger partial charge >= 0.3 is 0 Å². The van der Waals surface area contributed by atoms with Crippen LogP contribution in [0.4, 0.5) is 5.69 Å². The minimum atomic E-state index is 0.606. The highest BCUT2D eigenvalue weighted by Crippen LogP contribution is 2.30. The fraction of sp³-hybridized carbons (Fsp3) is 0.438. The normalized spacial score (nSPS) is 16.3. The van der Waals surface area contributed by atoms with Crippen molar-refractivity contribution in [3.05, 3.63) is 42.5 Å². The molecule has 0 amide bonds. The van der Waals surface area contributed by atoms with Gasteiger partial charge in [-0.05, 0) is 38.1 Å². The number of hydrogen-bond acceptors (Lipinski definition) is 3. The molecule has 0 atom stereocenters. The number of aromatic nitrogens is 2. The molecule has 1 aliphatic heterocycles. The lowest BCUT2D eigenvalue weighted by atomic mass is 9.95. The topological polar surface area (TPSA) is 33.1 Å². The van der Waals surface area contributed by atoms with Gasteiger partial charge in [0.15, 0.2) is 0 Å². The minimum absolute atomic E-state index is 0.606. The van der Waals surface area contributed by atoms with Crippen molar-refractivity contribution in [2.24, 2.45) is 0 Å². The molecule has 1 N–H and O–H groups in total. The average Bonchev–Trinajstić information content (AvgIpc) is 2.97. The number of nitrogens with zero attached hydrogens (tertiary/aromatic N) is 3. The minimum Gasteiger partial charge on any atom is -0.376 e. The zero-order valence-corrected chi connectivity index (χ0v) is 12.2. The lowest BCUT2D eigenvalue weighted by molar-refractivity contribution is 0.449. The molecule has 4 heteroatoms. The van der Waals surface area contributed by atoms with Crippen molar-refractivity contribution in [2.75, 3.05) is 32.1 Å². The second-order valence-corrected chi connectivity index (χ2v) is 5.60. The molecule has 4 nitrogen and oxygen atoms in total. The average molecular weight is 270 g/mol. The molecular weight excluding hydrogens is 248 g/mol. The number of para-hydroxylation sites is 2.